The van der Waals surface area contributed by atoms with Crippen LogP contribution in [-0.2, 0) is 0 Å². The maximum absolute atomic E-state index is 6.00. The molecule has 0 spiro atoms. The van der Waals surface area contributed by atoms with Crippen molar-refractivity contribution in [1.29, 1.82) is 0 Å². The molecular formula is C18H26O2. The SMILES string of the molecule is CCC(C)=CCOc1ccc(OC2CCCCC2)cc1. The summed E-state index contributed by atoms with van der Waals surface area (Å²) in [7, 11) is 0. The minimum Gasteiger partial charge on any atom is -0.490 e. The summed E-state index contributed by atoms with van der Waals surface area (Å²) < 4.78 is 11.7. The molecule has 2 nitrogen and oxygen atoms in total. The van der Waals surface area contributed by atoms with Gasteiger partial charge in [0.15, 0.2) is 0 Å². The van der Waals surface area contributed by atoms with Crippen LogP contribution in [0, 0.1) is 0 Å². The van der Waals surface area contributed by atoms with Gasteiger partial charge >= 0.3 is 0 Å². The summed E-state index contributed by atoms with van der Waals surface area (Å²) in [5.41, 5.74) is 1.36. The maximum Gasteiger partial charge on any atom is 0.120 e. The van der Waals surface area contributed by atoms with Crippen LogP contribution in [0.1, 0.15) is 52.4 Å². The molecule has 0 bridgehead atoms. The van der Waals surface area contributed by atoms with Gasteiger partial charge in [0.2, 0.25) is 0 Å². The van der Waals surface area contributed by atoms with Gasteiger partial charge in [0, 0.05) is 0 Å². The van der Waals surface area contributed by atoms with E-state index >= 15 is 0 Å². The zero-order chi connectivity index (χ0) is 14.2. The Bertz CT molecular complexity index is 414. The van der Waals surface area contributed by atoms with Crippen LogP contribution < -0.4 is 9.47 Å². The number of benzene rings is 1. The second kappa shape index (κ2) is 7.98. The highest BCUT2D eigenvalue weighted by Crippen LogP contribution is 2.24. The Morgan fingerprint density at radius 3 is 2.40 bits per heavy atom. The molecule has 0 atom stereocenters. The van der Waals surface area contributed by atoms with Gasteiger partial charge in [-0.2, -0.15) is 0 Å². The summed E-state index contributed by atoms with van der Waals surface area (Å²) in [6.07, 6.45) is 9.97. The minimum absolute atomic E-state index is 0.408. The molecule has 0 amide bonds. The van der Waals surface area contributed by atoms with Crippen molar-refractivity contribution in [2.24, 2.45) is 0 Å². The predicted octanol–water partition coefficient (Wildman–Crippen LogP) is 5.13. The van der Waals surface area contributed by atoms with Crippen LogP contribution in [0.2, 0.25) is 0 Å². The second-order valence-electron chi connectivity index (χ2n) is 5.56. The molecule has 2 rings (SSSR count). The number of allylic oxidation sites excluding steroid dienone is 1. The third kappa shape index (κ3) is 4.92. The predicted molar refractivity (Wildman–Crippen MR) is 83.5 cm³/mol. The summed E-state index contributed by atoms with van der Waals surface area (Å²) in [5.74, 6) is 1.87. The van der Waals surface area contributed by atoms with Gasteiger partial charge < -0.3 is 9.47 Å². The molecule has 1 aliphatic carbocycles. The van der Waals surface area contributed by atoms with Crippen molar-refractivity contribution in [3.8, 4) is 11.5 Å². The molecule has 20 heavy (non-hydrogen) atoms. The molecule has 0 unspecified atom stereocenters. The van der Waals surface area contributed by atoms with E-state index in [9.17, 15) is 0 Å². The molecule has 1 saturated carbocycles. The second-order valence-corrected chi connectivity index (χ2v) is 5.56. The van der Waals surface area contributed by atoms with E-state index in [1.165, 1.54) is 37.7 Å². The van der Waals surface area contributed by atoms with E-state index in [0.717, 1.165) is 17.9 Å². The monoisotopic (exact) mass is 274 g/mol. The summed E-state index contributed by atoms with van der Waals surface area (Å²) >= 11 is 0. The Morgan fingerprint density at radius 2 is 1.75 bits per heavy atom. The van der Waals surface area contributed by atoms with Crippen molar-refractivity contribution < 1.29 is 9.47 Å². The van der Waals surface area contributed by atoms with Gasteiger partial charge in [-0.1, -0.05) is 18.9 Å². The molecule has 1 fully saturated rings. The van der Waals surface area contributed by atoms with Crippen molar-refractivity contribution in [2.45, 2.75) is 58.5 Å². The van der Waals surface area contributed by atoms with E-state index in [1.807, 2.05) is 24.3 Å². The van der Waals surface area contributed by atoms with Crippen molar-refractivity contribution in [3.05, 3.63) is 35.9 Å². The molecule has 0 heterocycles. The van der Waals surface area contributed by atoms with E-state index in [4.69, 9.17) is 9.47 Å². The molecule has 0 saturated heterocycles. The van der Waals surface area contributed by atoms with Crippen LogP contribution >= 0.6 is 0 Å². The van der Waals surface area contributed by atoms with Gasteiger partial charge in [-0.25, -0.2) is 0 Å². The van der Waals surface area contributed by atoms with Crippen LogP contribution in [0.4, 0.5) is 0 Å². The van der Waals surface area contributed by atoms with E-state index in [1.54, 1.807) is 0 Å². The van der Waals surface area contributed by atoms with Crippen molar-refractivity contribution >= 4 is 0 Å². The van der Waals surface area contributed by atoms with E-state index < -0.39 is 0 Å². The average Bonchev–Trinajstić information content (AvgIpc) is 2.50. The van der Waals surface area contributed by atoms with Crippen LogP contribution in [0.3, 0.4) is 0 Å². The normalized spacial score (nSPS) is 17.0. The number of ether oxygens (including phenoxy) is 2. The Hall–Kier alpha value is -1.44. The fraction of sp³-hybridized carbons (Fsp3) is 0.556. The zero-order valence-corrected chi connectivity index (χ0v) is 12.7. The fourth-order valence-corrected chi connectivity index (χ4v) is 2.41. The first-order valence-electron chi connectivity index (χ1n) is 7.83. The molecule has 1 aromatic carbocycles. The Kier molecular flexibility index (Phi) is 5.97. The molecule has 0 aliphatic heterocycles. The largest absolute Gasteiger partial charge is 0.490 e. The first-order valence-corrected chi connectivity index (χ1v) is 7.83. The molecule has 0 N–H and O–H groups in total. The summed E-state index contributed by atoms with van der Waals surface area (Å²) in [6, 6.07) is 8.02. The first kappa shape index (κ1) is 15.0. The number of hydrogen-bond acceptors (Lipinski definition) is 2. The number of rotatable bonds is 6. The lowest BCUT2D eigenvalue weighted by Gasteiger charge is -2.23. The van der Waals surface area contributed by atoms with Crippen molar-refractivity contribution in [2.75, 3.05) is 6.61 Å². The Labute approximate surface area is 122 Å². The smallest absolute Gasteiger partial charge is 0.120 e. The van der Waals surface area contributed by atoms with Crippen LogP contribution in [-0.4, -0.2) is 12.7 Å². The van der Waals surface area contributed by atoms with Gasteiger partial charge in [0.05, 0.1) is 6.10 Å². The lowest BCUT2D eigenvalue weighted by atomic mass is 9.98. The lowest BCUT2D eigenvalue weighted by Crippen LogP contribution is -2.19. The van der Waals surface area contributed by atoms with Crippen LogP contribution in [0.25, 0.3) is 0 Å². The lowest BCUT2D eigenvalue weighted by molar-refractivity contribution is 0.155. The van der Waals surface area contributed by atoms with Gasteiger partial charge in [0.1, 0.15) is 18.1 Å². The first-order chi connectivity index (χ1) is 9.78. The van der Waals surface area contributed by atoms with Crippen LogP contribution in [0.15, 0.2) is 35.9 Å². The quantitative estimate of drug-likeness (QED) is 0.669. The maximum atomic E-state index is 6.00. The highest BCUT2D eigenvalue weighted by atomic mass is 16.5. The summed E-state index contributed by atoms with van der Waals surface area (Å²) in [6.45, 7) is 4.93. The van der Waals surface area contributed by atoms with Gasteiger partial charge in [-0.3, -0.25) is 0 Å². The van der Waals surface area contributed by atoms with Gasteiger partial charge in [-0.15, -0.1) is 0 Å². The Morgan fingerprint density at radius 1 is 1.10 bits per heavy atom. The highest BCUT2D eigenvalue weighted by molar-refractivity contribution is 5.31. The van der Waals surface area contributed by atoms with E-state index in [-0.39, 0.29) is 0 Å². The highest BCUT2D eigenvalue weighted by Gasteiger charge is 2.14. The molecule has 110 valence electrons. The van der Waals surface area contributed by atoms with Crippen LogP contribution in [0.5, 0.6) is 11.5 Å². The molecule has 1 aliphatic rings. The molecule has 1 aromatic rings. The summed E-state index contributed by atoms with van der Waals surface area (Å²) in [5, 5.41) is 0. The van der Waals surface area contributed by atoms with Crippen molar-refractivity contribution in [1.82, 2.24) is 0 Å². The third-order valence-corrected chi connectivity index (χ3v) is 3.92. The van der Waals surface area contributed by atoms with Gasteiger partial charge in [-0.05, 0) is 69.4 Å². The fourth-order valence-electron chi connectivity index (χ4n) is 2.41. The topological polar surface area (TPSA) is 18.5 Å². The Balaban J connectivity index is 1.80. The molecule has 0 radical (unpaired) electrons. The summed E-state index contributed by atoms with van der Waals surface area (Å²) in [4.78, 5) is 0. The average molecular weight is 274 g/mol. The van der Waals surface area contributed by atoms with Gasteiger partial charge in [0.25, 0.3) is 0 Å². The molecule has 2 heteroatoms. The standard InChI is InChI=1S/C18H26O2/c1-3-15(2)13-14-19-16-9-11-18(12-10-16)20-17-7-5-4-6-8-17/h9-13,17H,3-8,14H2,1-2H3. The van der Waals surface area contributed by atoms with Crippen molar-refractivity contribution in [3.63, 3.8) is 0 Å². The minimum atomic E-state index is 0.408. The molecule has 0 aromatic heterocycles. The van der Waals surface area contributed by atoms with E-state index in [0.29, 0.717) is 12.7 Å². The van der Waals surface area contributed by atoms with E-state index in [2.05, 4.69) is 19.9 Å². The zero-order valence-electron chi connectivity index (χ0n) is 12.7. The third-order valence-electron chi connectivity index (χ3n) is 3.92. The number of hydrogen-bond donors (Lipinski definition) is 0. The molecular weight excluding hydrogens is 248 g/mol.